The van der Waals surface area contributed by atoms with Gasteiger partial charge in [0.15, 0.2) is 16.5 Å². The number of aromatic nitrogens is 2. The van der Waals surface area contributed by atoms with Gasteiger partial charge < -0.3 is 10.0 Å². The zero-order chi connectivity index (χ0) is 14.3. The van der Waals surface area contributed by atoms with Crippen molar-refractivity contribution in [3.05, 3.63) is 47.4 Å². The summed E-state index contributed by atoms with van der Waals surface area (Å²) in [6.45, 7) is 0. The highest BCUT2D eigenvalue weighted by Crippen LogP contribution is 2.29. The highest BCUT2D eigenvalue weighted by atomic mass is 32.1. The highest BCUT2D eigenvalue weighted by molar-refractivity contribution is 7.15. The highest BCUT2D eigenvalue weighted by Gasteiger charge is 2.23. The summed E-state index contributed by atoms with van der Waals surface area (Å²) in [4.78, 5) is 17.9. The third-order valence-electron chi connectivity index (χ3n) is 2.96. The number of rotatable bonds is 3. The number of imidazole rings is 1. The smallest absolute Gasteiger partial charge is 0.356 e. The molecule has 3 aromatic rings. The fourth-order valence-corrected chi connectivity index (χ4v) is 2.72. The van der Waals surface area contributed by atoms with Gasteiger partial charge in [0.05, 0.1) is 0 Å². The van der Waals surface area contributed by atoms with Crippen molar-refractivity contribution in [1.82, 2.24) is 9.38 Å². The predicted octanol–water partition coefficient (Wildman–Crippen LogP) is 3.00. The van der Waals surface area contributed by atoms with E-state index in [1.165, 1.54) is 27.9 Å². The standard InChI is InChI=1S/C13H10FN3O2S/c1-16(9-4-2-3-8(14)7-9)11-10(12(18)19)17-5-6-20-13(17)15-11/h2-7H,1H3,(H,18,19). The third kappa shape index (κ3) is 1.92. The Balaban J connectivity index is 2.16. The molecule has 7 heteroatoms. The Morgan fingerprint density at radius 3 is 3.00 bits per heavy atom. The largest absolute Gasteiger partial charge is 0.476 e. The van der Waals surface area contributed by atoms with Crippen LogP contribution >= 0.6 is 11.3 Å². The zero-order valence-electron chi connectivity index (χ0n) is 10.4. The minimum Gasteiger partial charge on any atom is -0.476 e. The Kier molecular flexibility index (Phi) is 2.90. The Hall–Kier alpha value is -2.41. The first-order chi connectivity index (χ1) is 9.58. The van der Waals surface area contributed by atoms with Gasteiger partial charge >= 0.3 is 5.97 Å². The average Bonchev–Trinajstić information content (AvgIpc) is 2.96. The summed E-state index contributed by atoms with van der Waals surface area (Å²) >= 11 is 1.34. The van der Waals surface area contributed by atoms with Crippen molar-refractivity contribution in [2.24, 2.45) is 0 Å². The van der Waals surface area contributed by atoms with Crippen molar-refractivity contribution < 1.29 is 14.3 Å². The fourth-order valence-electron chi connectivity index (χ4n) is 2.01. The zero-order valence-corrected chi connectivity index (χ0v) is 11.3. The van der Waals surface area contributed by atoms with Crippen LogP contribution in [-0.4, -0.2) is 27.5 Å². The summed E-state index contributed by atoms with van der Waals surface area (Å²) in [6.07, 6.45) is 1.65. The predicted molar refractivity (Wildman–Crippen MR) is 74.5 cm³/mol. The van der Waals surface area contributed by atoms with Gasteiger partial charge in [-0.3, -0.25) is 4.40 Å². The molecule has 2 aromatic heterocycles. The van der Waals surface area contributed by atoms with E-state index in [1.54, 1.807) is 35.7 Å². The van der Waals surface area contributed by atoms with Gasteiger partial charge in [-0.25, -0.2) is 14.2 Å². The number of fused-ring (bicyclic) bond motifs is 1. The number of hydrogen-bond donors (Lipinski definition) is 1. The summed E-state index contributed by atoms with van der Waals surface area (Å²) in [6, 6.07) is 5.93. The maximum absolute atomic E-state index is 13.3. The maximum Gasteiger partial charge on any atom is 0.356 e. The molecule has 2 heterocycles. The molecular weight excluding hydrogens is 281 g/mol. The Morgan fingerprint density at radius 2 is 2.30 bits per heavy atom. The molecule has 1 aromatic carbocycles. The number of carboxylic acids is 1. The second-order valence-corrected chi connectivity index (χ2v) is 5.06. The van der Waals surface area contributed by atoms with E-state index < -0.39 is 5.97 Å². The number of hydrogen-bond acceptors (Lipinski definition) is 4. The molecule has 3 rings (SSSR count). The third-order valence-corrected chi connectivity index (χ3v) is 3.72. The fraction of sp³-hybridized carbons (Fsp3) is 0.0769. The SMILES string of the molecule is CN(c1cccc(F)c1)c1nc2sccn2c1C(=O)O. The lowest BCUT2D eigenvalue weighted by atomic mass is 10.3. The average molecular weight is 291 g/mol. The monoisotopic (exact) mass is 291 g/mol. The van der Waals surface area contributed by atoms with E-state index in [2.05, 4.69) is 4.98 Å². The second-order valence-electron chi connectivity index (χ2n) is 4.18. The molecule has 0 fully saturated rings. The van der Waals surface area contributed by atoms with Gasteiger partial charge in [-0.15, -0.1) is 11.3 Å². The molecule has 20 heavy (non-hydrogen) atoms. The molecule has 5 nitrogen and oxygen atoms in total. The van der Waals surface area contributed by atoms with E-state index in [-0.39, 0.29) is 17.3 Å². The molecule has 0 aliphatic heterocycles. The summed E-state index contributed by atoms with van der Waals surface area (Å²) < 4.78 is 14.8. The summed E-state index contributed by atoms with van der Waals surface area (Å²) in [5, 5.41) is 11.1. The van der Waals surface area contributed by atoms with Crippen LogP contribution in [-0.2, 0) is 0 Å². The molecule has 0 spiro atoms. The van der Waals surface area contributed by atoms with Crippen LogP contribution in [0, 0.1) is 5.82 Å². The number of halogens is 1. The van der Waals surface area contributed by atoms with Crippen molar-refractivity contribution >= 4 is 33.8 Å². The van der Waals surface area contributed by atoms with Crippen LogP contribution in [0.15, 0.2) is 35.8 Å². The van der Waals surface area contributed by atoms with E-state index in [0.29, 0.717) is 10.6 Å². The van der Waals surface area contributed by atoms with Crippen molar-refractivity contribution in [2.75, 3.05) is 11.9 Å². The van der Waals surface area contributed by atoms with E-state index in [9.17, 15) is 14.3 Å². The summed E-state index contributed by atoms with van der Waals surface area (Å²) in [7, 11) is 1.66. The van der Waals surface area contributed by atoms with Crippen LogP contribution in [0.2, 0.25) is 0 Å². The lowest BCUT2D eigenvalue weighted by molar-refractivity contribution is 0.0690. The summed E-state index contributed by atoms with van der Waals surface area (Å²) in [5.74, 6) is -1.17. The normalized spacial score (nSPS) is 10.9. The number of carbonyl (C=O) groups is 1. The molecule has 0 bridgehead atoms. The first-order valence-corrected chi connectivity index (χ1v) is 6.64. The summed E-state index contributed by atoms with van der Waals surface area (Å²) in [5.41, 5.74) is 0.603. The second kappa shape index (κ2) is 4.61. The van der Waals surface area contributed by atoms with Crippen molar-refractivity contribution in [2.45, 2.75) is 0 Å². The molecule has 0 saturated carbocycles. The van der Waals surface area contributed by atoms with Gasteiger partial charge in [0, 0.05) is 24.3 Å². The van der Waals surface area contributed by atoms with E-state index >= 15 is 0 Å². The van der Waals surface area contributed by atoms with Gasteiger partial charge in [-0.05, 0) is 18.2 Å². The number of carboxylic acid groups (broad SMARTS) is 1. The molecule has 0 atom stereocenters. The molecule has 0 amide bonds. The van der Waals surface area contributed by atoms with Crippen molar-refractivity contribution in [3.8, 4) is 0 Å². The van der Waals surface area contributed by atoms with Gasteiger partial charge in [0.2, 0.25) is 0 Å². The maximum atomic E-state index is 13.3. The lowest BCUT2D eigenvalue weighted by Gasteiger charge is -2.17. The number of nitrogens with zero attached hydrogens (tertiary/aromatic N) is 3. The molecule has 0 radical (unpaired) electrons. The van der Waals surface area contributed by atoms with Crippen LogP contribution in [0.4, 0.5) is 15.9 Å². The number of benzene rings is 1. The van der Waals surface area contributed by atoms with Crippen LogP contribution in [0.1, 0.15) is 10.5 Å². The Labute approximate surface area is 117 Å². The molecular formula is C13H10FN3O2S. The molecule has 1 N–H and O–H groups in total. The van der Waals surface area contributed by atoms with Crippen molar-refractivity contribution in [1.29, 1.82) is 0 Å². The quantitative estimate of drug-likeness (QED) is 0.806. The van der Waals surface area contributed by atoms with Gasteiger partial charge in [-0.1, -0.05) is 6.07 Å². The van der Waals surface area contributed by atoms with Crippen molar-refractivity contribution in [3.63, 3.8) is 0 Å². The van der Waals surface area contributed by atoms with E-state index in [0.717, 1.165) is 0 Å². The minimum atomic E-state index is -1.07. The molecule has 0 aliphatic rings. The topological polar surface area (TPSA) is 57.8 Å². The number of thiazole rings is 1. The van der Waals surface area contributed by atoms with Gasteiger partial charge in [-0.2, -0.15) is 0 Å². The van der Waals surface area contributed by atoms with Crippen LogP contribution in [0.3, 0.4) is 0 Å². The molecule has 0 aliphatic carbocycles. The van der Waals surface area contributed by atoms with Gasteiger partial charge in [0.1, 0.15) is 5.82 Å². The molecule has 0 unspecified atom stereocenters. The van der Waals surface area contributed by atoms with E-state index in [4.69, 9.17) is 0 Å². The van der Waals surface area contributed by atoms with Crippen LogP contribution < -0.4 is 4.90 Å². The van der Waals surface area contributed by atoms with E-state index in [1.807, 2.05) is 0 Å². The Bertz CT molecular complexity index is 796. The van der Waals surface area contributed by atoms with Gasteiger partial charge in [0.25, 0.3) is 0 Å². The van der Waals surface area contributed by atoms with Crippen LogP contribution in [0.25, 0.3) is 4.96 Å². The number of anilines is 2. The Morgan fingerprint density at radius 1 is 1.50 bits per heavy atom. The minimum absolute atomic E-state index is 0.0630. The van der Waals surface area contributed by atoms with Crippen LogP contribution in [0.5, 0.6) is 0 Å². The lowest BCUT2D eigenvalue weighted by Crippen LogP contribution is -2.15. The molecule has 102 valence electrons. The number of aromatic carboxylic acids is 1. The first-order valence-electron chi connectivity index (χ1n) is 5.76. The first kappa shape index (κ1) is 12.6. The molecule has 0 saturated heterocycles.